The van der Waals surface area contributed by atoms with Crippen LogP contribution in [0.25, 0.3) is 0 Å². The third-order valence-electron chi connectivity index (χ3n) is 3.12. The second kappa shape index (κ2) is 8.39. The van der Waals surface area contributed by atoms with Crippen molar-refractivity contribution in [3.8, 4) is 12.3 Å². The average molecular weight is 285 g/mol. The van der Waals surface area contributed by atoms with Gasteiger partial charge in [-0.3, -0.25) is 0 Å². The van der Waals surface area contributed by atoms with Crippen molar-refractivity contribution in [3.05, 3.63) is 24.3 Å². The minimum Gasteiger partial charge on any atom is -0.390 e. The Bertz CT molecular complexity index is 359. The maximum atomic E-state index is 9.84. The van der Waals surface area contributed by atoms with Crippen molar-refractivity contribution in [3.63, 3.8) is 0 Å². The first-order valence-electron chi connectivity index (χ1n) is 6.53. The van der Waals surface area contributed by atoms with E-state index in [9.17, 15) is 10.2 Å². The van der Waals surface area contributed by atoms with Crippen molar-refractivity contribution >= 4 is 11.6 Å². The van der Waals surface area contributed by atoms with E-state index in [1.807, 2.05) is 6.92 Å². The van der Waals surface area contributed by atoms with Crippen LogP contribution in [-0.4, -0.2) is 40.0 Å². The lowest BCUT2D eigenvalue weighted by Gasteiger charge is -2.30. The number of aliphatic hydroxyl groups excluding tert-OH is 2. The van der Waals surface area contributed by atoms with Crippen LogP contribution in [0.15, 0.2) is 24.3 Å². The van der Waals surface area contributed by atoms with Gasteiger partial charge in [0.1, 0.15) is 0 Å². The molecule has 0 amide bonds. The monoisotopic (exact) mass is 284 g/mol. The molecule has 106 valence electrons. The summed E-state index contributed by atoms with van der Waals surface area (Å²) in [5.74, 6) is 2.40. The summed E-state index contributed by atoms with van der Waals surface area (Å²) in [6.45, 7) is 2.00. The minimum absolute atomic E-state index is 0.0926. The topological polar surface area (TPSA) is 49.7 Å². The van der Waals surface area contributed by atoms with Crippen LogP contribution in [0.4, 0.5) is 0 Å². The Morgan fingerprint density at radius 1 is 1.53 bits per heavy atom. The third-order valence-corrected chi connectivity index (χ3v) is 3.58. The largest absolute Gasteiger partial charge is 0.390 e. The van der Waals surface area contributed by atoms with Gasteiger partial charge >= 0.3 is 0 Å². The number of ether oxygens (including phenoxy) is 1. The first-order valence-corrected chi connectivity index (χ1v) is 6.97. The van der Waals surface area contributed by atoms with E-state index >= 15 is 0 Å². The maximum absolute atomic E-state index is 9.84. The van der Waals surface area contributed by atoms with Gasteiger partial charge < -0.3 is 14.9 Å². The molecular weight excluding hydrogens is 264 g/mol. The number of alkyl halides is 1. The molecule has 5 atom stereocenters. The minimum atomic E-state index is -0.870. The van der Waals surface area contributed by atoms with Gasteiger partial charge in [0, 0.05) is 6.42 Å². The molecule has 0 radical (unpaired) electrons. The SMILES string of the molecule is C#CC=CCC(Cl)C1CC(O)C(O)C=CC(CC)O1. The molecule has 0 aromatic carbocycles. The van der Waals surface area contributed by atoms with Crippen LogP contribution in [-0.2, 0) is 4.74 Å². The zero-order valence-electron chi connectivity index (χ0n) is 11.1. The highest BCUT2D eigenvalue weighted by Crippen LogP contribution is 2.23. The van der Waals surface area contributed by atoms with Crippen LogP contribution < -0.4 is 0 Å². The van der Waals surface area contributed by atoms with Gasteiger partial charge in [0.05, 0.1) is 29.8 Å². The summed E-state index contributed by atoms with van der Waals surface area (Å²) in [7, 11) is 0. The summed E-state index contributed by atoms with van der Waals surface area (Å²) in [5.41, 5.74) is 0. The number of hydrogen-bond donors (Lipinski definition) is 2. The van der Waals surface area contributed by atoms with Crippen molar-refractivity contribution in [2.45, 2.75) is 56.0 Å². The molecule has 0 bridgehead atoms. The lowest BCUT2D eigenvalue weighted by atomic mass is 9.99. The van der Waals surface area contributed by atoms with Crippen LogP contribution >= 0.6 is 11.6 Å². The summed E-state index contributed by atoms with van der Waals surface area (Å²) >= 11 is 6.29. The highest BCUT2D eigenvalue weighted by atomic mass is 35.5. The van der Waals surface area contributed by atoms with E-state index < -0.39 is 12.2 Å². The van der Waals surface area contributed by atoms with E-state index in [2.05, 4.69) is 5.92 Å². The van der Waals surface area contributed by atoms with Gasteiger partial charge in [0.25, 0.3) is 0 Å². The quantitative estimate of drug-likeness (QED) is 0.472. The molecule has 0 spiro atoms. The average Bonchev–Trinajstić information content (AvgIpc) is 2.39. The van der Waals surface area contributed by atoms with Gasteiger partial charge in [0.2, 0.25) is 0 Å². The zero-order valence-corrected chi connectivity index (χ0v) is 11.8. The lowest BCUT2D eigenvalue weighted by molar-refractivity contribution is -0.0482. The second-order valence-electron chi connectivity index (χ2n) is 4.62. The molecule has 5 unspecified atom stereocenters. The molecule has 19 heavy (non-hydrogen) atoms. The number of allylic oxidation sites excluding steroid dienone is 2. The predicted molar refractivity (Wildman–Crippen MR) is 77.0 cm³/mol. The fourth-order valence-electron chi connectivity index (χ4n) is 1.95. The Morgan fingerprint density at radius 2 is 2.26 bits per heavy atom. The van der Waals surface area contributed by atoms with Crippen molar-refractivity contribution in [1.29, 1.82) is 0 Å². The van der Waals surface area contributed by atoms with Crippen molar-refractivity contribution in [2.75, 3.05) is 0 Å². The molecule has 1 heterocycles. The van der Waals surface area contributed by atoms with Crippen LogP contribution in [0.5, 0.6) is 0 Å². The number of aliphatic hydroxyl groups is 2. The Balaban J connectivity index is 2.71. The van der Waals surface area contributed by atoms with Crippen LogP contribution in [0, 0.1) is 12.3 Å². The maximum Gasteiger partial charge on any atom is 0.0981 e. The standard InChI is InChI=1S/C15H21ClO3/c1-3-5-6-7-12(16)15-10-14(18)13(17)9-8-11(4-2)19-15/h1,5-6,8-9,11-15,17-18H,4,7,10H2,2H3. The van der Waals surface area contributed by atoms with E-state index in [4.69, 9.17) is 22.8 Å². The molecule has 0 aromatic heterocycles. The molecule has 4 heteroatoms. The molecule has 0 aromatic rings. The number of hydrogen-bond acceptors (Lipinski definition) is 3. The fraction of sp³-hybridized carbons (Fsp3) is 0.600. The number of rotatable bonds is 4. The molecule has 0 saturated heterocycles. The van der Waals surface area contributed by atoms with E-state index in [1.54, 1.807) is 24.3 Å². The lowest BCUT2D eigenvalue weighted by Crippen LogP contribution is -2.38. The Kier molecular flexibility index (Phi) is 7.19. The van der Waals surface area contributed by atoms with Gasteiger partial charge in [0.15, 0.2) is 0 Å². The summed E-state index contributed by atoms with van der Waals surface area (Å²) in [4.78, 5) is 0. The molecular formula is C15H21ClO3. The molecule has 0 fully saturated rings. The molecule has 1 rings (SSSR count). The highest BCUT2D eigenvalue weighted by molar-refractivity contribution is 6.21. The number of terminal acetylenes is 1. The predicted octanol–water partition coefficient (Wildman–Crippen LogP) is 2.02. The molecule has 0 saturated carbocycles. The van der Waals surface area contributed by atoms with Gasteiger partial charge in [-0.2, -0.15) is 0 Å². The van der Waals surface area contributed by atoms with Gasteiger partial charge in [-0.1, -0.05) is 31.1 Å². The molecule has 1 aliphatic heterocycles. The van der Waals surface area contributed by atoms with Gasteiger partial charge in [-0.05, 0) is 18.9 Å². The number of halogens is 1. The summed E-state index contributed by atoms with van der Waals surface area (Å²) < 4.78 is 5.88. The fourth-order valence-corrected chi connectivity index (χ4v) is 2.22. The Hall–Kier alpha value is -0.790. The van der Waals surface area contributed by atoms with E-state index in [0.717, 1.165) is 6.42 Å². The van der Waals surface area contributed by atoms with Crippen LogP contribution in [0.2, 0.25) is 0 Å². The molecule has 2 N–H and O–H groups in total. The third kappa shape index (κ3) is 5.38. The van der Waals surface area contributed by atoms with E-state index in [-0.39, 0.29) is 17.6 Å². The van der Waals surface area contributed by atoms with E-state index in [0.29, 0.717) is 12.8 Å². The van der Waals surface area contributed by atoms with Gasteiger partial charge in [-0.15, -0.1) is 18.0 Å². The Morgan fingerprint density at radius 3 is 2.89 bits per heavy atom. The highest BCUT2D eigenvalue weighted by Gasteiger charge is 2.29. The van der Waals surface area contributed by atoms with Gasteiger partial charge in [-0.25, -0.2) is 0 Å². The first kappa shape index (κ1) is 16.3. The molecule has 1 aliphatic rings. The van der Waals surface area contributed by atoms with Crippen molar-refractivity contribution < 1.29 is 14.9 Å². The Labute approximate surface area is 119 Å². The smallest absolute Gasteiger partial charge is 0.0981 e. The van der Waals surface area contributed by atoms with E-state index in [1.165, 1.54) is 0 Å². The van der Waals surface area contributed by atoms with Crippen LogP contribution in [0.1, 0.15) is 26.2 Å². The normalized spacial score (nSPS) is 33.6. The first-order chi connectivity index (χ1) is 9.08. The summed E-state index contributed by atoms with van der Waals surface area (Å²) in [6, 6.07) is 0. The molecule has 3 nitrogen and oxygen atoms in total. The molecule has 0 aliphatic carbocycles. The zero-order chi connectivity index (χ0) is 14.3. The van der Waals surface area contributed by atoms with Crippen molar-refractivity contribution in [2.24, 2.45) is 0 Å². The van der Waals surface area contributed by atoms with Crippen molar-refractivity contribution in [1.82, 2.24) is 0 Å². The summed E-state index contributed by atoms with van der Waals surface area (Å²) in [5, 5.41) is 19.3. The van der Waals surface area contributed by atoms with Crippen LogP contribution in [0.3, 0.4) is 0 Å². The summed E-state index contributed by atoms with van der Waals surface area (Å²) in [6.07, 6.45) is 11.4. The second-order valence-corrected chi connectivity index (χ2v) is 5.18.